The minimum atomic E-state index is -0.708. The van der Waals surface area contributed by atoms with Gasteiger partial charge in [-0.3, -0.25) is 5.32 Å². The lowest BCUT2D eigenvalue weighted by molar-refractivity contribution is 0.391. The molecule has 1 aromatic carbocycles. The first-order valence-electron chi connectivity index (χ1n) is 5.78. The summed E-state index contributed by atoms with van der Waals surface area (Å²) in [6.07, 6.45) is 0.886. The van der Waals surface area contributed by atoms with Crippen molar-refractivity contribution >= 4 is 11.6 Å². The zero-order chi connectivity index (χ0) is 13.5. The minimum Gasteiger partial charge on any atom is -0.309 e. The zero-order valence-electron chi connectivity index (χ0n) is 10.6. The topological polar surface area (TPSA) is 39.1 Å². The van der Waals surface area contributed by atoms with Gasteiger partial charge in [0.1, 0.15) is 11.9 Å². The van der Waals surface area contributed by atoms with E-state index in [4.69, 9.17) is 16.9 Å². The summed E-state index contributed by atoms with van der Waals surface area (Å²) in [7, 11) is 3.96. The quantitative estimate of drug-likeness (QED) is 0.807. The Labute approximate surface area is 112 Å². The number of halogens is 2. The fraction of sp³-hybridized carbons (Fsp3) is 0.462. The van der Waals surface area contributed by atoms with E-state index in [-0.39, 0.29) is 10.6 Å². The van der Waals surface area contributed by atoms with E-state index in [2.05, 4.69) is 10.2 Å². The summed E-state index contributed by atoms with van der Waals surface area (Å²) >= 11 is 5.93. The average molecular weight is 270 g/mol. The molecule has 0 aromatic heterocycles. The highest BCUT2D eigenvalue weighted by Crippen LogP contribution is 2.25. The third kappa shape index (κ3) is 4.26. The molecular formula is C13H17ClFN3. The van der Waals surface area contributed by atoms with E-state index in [0.717, 1.165) is 13.0 Å². The molecule has 98 valence electrons. The van der Waals surface area contributed by atoms with E-state index >= 15 is 0 Å². The molecule has 0 aliphatic rings. The highest BCUT2D eigenvalue weighted by molar-refractivity contribution is 6.31. The molecule has 0 fully saturated rings. The van der Waals surface area contributed by atoms with Gasteiger partial charge in [0.05, 0.1) is 6.07 Å². The van der Waals surface area contributed by atoms with Crippen molar-refractivity contribution in [1.29, 1.82) is 5.26 Å². The van der Waals surface area contributed by atoms with E-state index in [9.17, 15) is 4.39 Å². The molecule has 5 heteroatoms. The van der Waals surface area contributed by atoms with Crippen molar-refractivity contribution in [3.63, 3.8) is 0 Å². The molecule has 0 aliphatic heterocycles. The van der Waals surface area contributed by atoms with E-state index < -0.39 is 11.9 Å². The Morgan fingerprint density at radius 2 is 2.22 bits per heavy atom. The van der Waals surface area contributed by atoms with E-state index in [0.29, 0.717) is 6.54 Å². The fourth-order valence-electron chi connectivity index (χ4n) is 1.64. The molecule has 0 heterocycles. The first kappa shape index (κ1) is 14.9. The Morgan fingerprint density at radius 3 is 2.78 bits per heavy atom. The van der Waals surface area contributed by atoms with Crippen LogP contribution in [-0.4, -0.2) is 32.1 Å². The minimum absolute atomic E-state index is 0.228. The van der Waals surface area contributed by atoms with Gasteiger partial charge in [-0.1, -0.05) is 17.7 Å². The van der Waals surface area contributed by atoms with Crippen LogP contribution in [0.3, 0.4) is 0 Å². The van der Waals surface area contributed by atoms with Gasteiger partial charge in [0.25, 0.3) is 0 Å². The number of hydrogen-bond donors (Lipinski definition) is 1. The fourth-order valence-corrected chi connectivity index (χ4v) is 1.91. The van der Waals surface area contributed by atoms with Gasteiger partial charge in [-0.2, -0.15) is 5.26 Å². The van der Waals surface area contributed by atoms with Crippen LogP contribution in [0.5, 0.6) is 0 Å². The summed E-state index contributed by atoms with van der Waals surface area (Å²) in [5, 5.41) is 12.4. The lowest BCUT2D eigenvalue weighted by Crippen LogP contribution is -2.25. The second-order valence-electron chi connectivity index (χ2n) is 4.31. The summed E-state index contributed by atoms with van der Waals surface area (Å²) in [6.45, 7) is 1.55. The number of nitrogens with one attached hydrogen (secondary N) is 1. The van der Waals surface area contributed by atoms with Gasteiger partial charge in [-0.25, -0.2) is 4.39 Å². The normalized spacial score (nSPS) is 12.4. The summed E-state index contributed by atoms with van der Waals surface area (Å²) in [5.74, 6) is -0.450. The van der Waals surface area contributed by atoms with Crippen LogP contribution in [0.4, 0.5) is 4.39 Å². The summed E-state index contributed by atoms with van der Waals surface area (Å²) in [5.41, 5.74) is 0.228. The Morgan fingerprint density at radius 1 is 1.50 bits per heavy atom. The molecule has 18 heavy (non-hydrogen) atoms. The molecule has 0 bridgehead atoms. The van der Waals surface area contributed by atoms with Gasteiger partial charge in [-0.15, -0.1) is 0 Å². The molecule has 1 N–H and O–H groups in total. The first-order valence-corrected chi connectivity index (χ1v) is 6.15. The molecule has 1 atom stereocenters. The van der Waals surface area contributed by atoms with Crippen molar-refractivity contribution in [2.24, 2.45) is 0 Å². The van der Waals surface area contributed by atoms with E-state index in [1.807, 2.05) is 20.2 Å². The van der Waals surface area contributed by atoms with Gasteiger partial charge in [-0.05, 0) is 45.7 Å². The third-order valence-electron chi connectivity index (χ3n) is 2.55. The van der Waals surface area contributed by atoms with Gasteiger partial charge in [0.15, 0.2) is 0 Å². The number of benzene rings is 1. The van der Waals surface area contributed by atoms with Crippen molar-refractivity contribution in [2.75, 3.05) is 27.2 Å². The number of hydrogen-bond acceptors (Lipinski definition) is 3. The van der Waals surface area contributed by atoms with Crippen LogP contribution in [0.1, 0.15) is 18.0 Å². The predicted molar refractivity (Wildman–Crippen MR) is 70.9 cm³/mol. The molecule has 0 amide bonds. The van der Waals surface area contributed by atoms with Crippen LogP contribution in [0, 0.1) is 17.1 Å². The Kier molecular flexibility index (Phi) is 6.06. The second-order valence-corrected chi connectivity index (χ2v) is 4.72. The molecule has 0 radical (unpaired) electrons. The van der Waals surface area contributed by atoms with Crippen LogP contribution < -0.4 is 5.32 Å². The molecular weight excluding hydrogens is 253 g/mol. The molecule has 0 aliphatic carbocycles. The zero-order valence-corrected chi connectivity index (χ0v) is 11.3. The summed E-state index contributed by atoms with van der Waals surface area (Å²) in [4.78, 5) is 2.05. The monoisotopic (exact) mass is 269 g/mol. The number of rotatable bonds is 6. The maximum Gasteiger partial charge on any atom is 0.130 e. The van der Waals surface area contributed by atoms with E-state index in [1.165, 1.54) is 12.1 Å². The number of nitriles is 1. The van der Waals surface area contributed by atoms with Gasteiger partial charge in [0.2, 0.25) is 0 Å². The lowest BCUT2D eigenvalue weighted by atomic mass is 10.1. The maximum atomic E-state index is 13.6. The Hall–Kier alpha value is -1.15. The molecule has 1 rings (SSSR count). The standard InChI is InChI=1S/C13H17ClFN3/c1-18(2)8-4-7-17-12(9-16)13-10(14)5-3-6-11(13)15/h3,5-6,12,17H,4,7-8H2,1-2H3. The van der Waals surface area contributed by atoms with Crippen LogP contribution in [0.25, 0.3) is 0 Å². The molecule has 0 saturated heterocycles. The highest BCUT2D eigenvalue weighted by Gasteiger charge is 2.17. The molecule has 0 spiro atoms. The van der Waals surface area contributed by atoms with Gasteiger partial charge >= 0.3 is 0 Å². The van der Waals surface area contributed by atoms with Crippen LogP contribution in [0.15, 0.2) is 18.2 Å². The van der Waals surface area contributed by atoms with Gasteiger partial charge in [0, 0.05) is 10.6 Å². The predicted octanol–water partition coefficient (Wildman–Crippen LogP) is 2.59. The van der Waals surface area contributed by atoms with Crippen molar-refractivity contribution in [3.05, 3.63) is 34.6 Å². The molecule has 0 saturated carbocycles. The molecule has 3 nitrogen and oxygen atoms in total. The van der Waals surface area contributed by atoms with Crippen LogP contribution in [0.2, 0.25) is 5.02 Å². The van der Waals surface area contributed by atoms with Crippen molar-refractivity contribution < 1.29 is 4.39 Å². The maximum absolute atomic E-state index is 13.6. The second kappa shape index (κ2) is 7.32. The van der Waals surface area contributed by atoms with Gasteiger partial charge < -0.3 is 4.90 Å². The molecule has 1 unspecified atom stereocenters. The van der Waals surface area contributed by atoms with Crippen molar-refractivity contribution in [1.82, 2.24) is 10.2 Å². The highest BCUT2D eigenvalue weighted by atomic mass is 35.5. The Balaban J connectivity index is 2.64. The van der Waals surface area contributed by atoms with Crippen molar-refractivity contribution in [2.45, 2.75) is 12.5 Å². The largest absolute Gasteiger partial charge is 0.309 e. The first-order chi connectivity index (χ1) is 8.56. The SMILES string of the molecule is CN(C)CCCNC(C#N)c1c(F)cccc1Cl. The third-order valence-corrected chi connectivity index (χ3v) is 2.88. The summed E-state index contributed by atoms with van der Waals surface area (Å²) < 4.78 is 13.6. The van der Waals surface area contributed by atoms with Crippen LogP contribution >= 0.6 is 11.6 Å². The van der Waals surface area contributed by atoms with Crippen LogP contribution in [-0.2, 0) is 0 Å². The van der Waals surface area contributed by atoms with Crippen molar-refractivity contribution in [3.8, 4) is 6.07 Å². The molecule has 1 aromatic rings. The van der Waals surface area contributed by atoms with E-state index in [1.54, 1.807) is 6.07 Å². The smallest absolute Gasteiger partial charge is 0.130 e. The average Bonchev–Trinajstić information content (AvgIpc) is 2.31. The summed E-state index contributed by atoms with van der Waals surface area (Å²) in [6, 6.07) is 5.76. The number of nitrogens with zero attached hydrogens (tertiary/aromatic N) is 2. The lowest BCUT2D eigenvalue weighted by Gasteiger charge is -2.15. The Bertz CT molecular complexity index is 408.